The van der Waals surface area contributed by atoms with Gasteiger partial charge in [0.25, 0.3) is 5.56 Å². The second kappa shape index (κ2) is 11.0. The van der Waals surface area contributed by atoms with Gasteiger partial charge in [-0.25, -0.2) is 9.59 Å². The van der Waals surface area contributed by atoms with Crippen LogP contribution in [0.2, 0.25) is 18.1 Å². The summed E-state index contributed by atoms with van der Waals surface area (Å²) in [5, 5.41) is 9.62. The van der Waals surface area contributed by atoms with Crippen molar-refractivity contribution in [1.82, 2.24) is 9.55 Å². The molecule has 1 atom stereocenters. The quantitative estimate of drug-likeness (QED) is 0.226. The molecule has 7 nitrogen and oxygen atoms in total. The summed E-state index contributed by atoms with van der Waals surface area (Å²) in [5.74, 6) is 6.13. The number of carboxylic acid groups (broad SMARTS) is 1. The van der Waals surface area contributed by atoms with Crippen LogP contribution < -0.4 is 15.7 Å². The highest BCUT2D eigenvalue weighted by molar-refractivity contribution is 6.74. The van der Waals surface area contributed by atoms with Crippen LogP contribution in [0.4, 0.5) is 0 Å². The average molecular weight is 555 g/mol. The third-order valence-corrected chi connectivity index (χ3v) is 11.9. The molecule has 1 aromatic heterocycles. The van der Waals surface area contributed by atoms with Gasteiger partial charge in [-0.1, -0.05) is 56.9 Å². The van der Waals surface area contributed by atoms with Crippen LogP contribution >= 0.6 is 0 Å². The van der Waals surface area contributed by atoms with Gasteiger partial charge in [-0.05, 0) is 78.6 Å². The Kier molecular flexibility index (Phi) is 7.90. The Balaban J connectivity index is 1.55. The Morgan fingerprint density at radius 1 is 1.02 bits per heavy atom. The highest BCUT2D eigenvalue weighted by Crippen LogP contribution is 2.37. The van der Waals surface area contributed by atoms with Crippen molar-refractivity contribution in [1.29, 1.82) is 0 Å². The molecule has 0 radical (unpaired) electrons. The molecule has 1 unspecified atom stereocenters. The third kappa shape index (κ3) is 6.10. The summed E-state index contributed by atoms with van der Waals surface area (Å²) in [4.78, 5) is 40.1. The molecule has 206 valence electrons. The van der Waals surface area contributed by atoms with E-state index < -0.39 is 31.6 Å². The summed E-state index contributed by atoms with van der Waals surface area (Å²) >= 11 is 0. The summed E-state index contributed by atoms with van der Waals surface area (Å²) in [6.07, 6.45) is 0.539. The first-order valence-corrected chi connectivity index (χ1v) is 16.1. The molecule has 40 heavy (non-hydrogen) atoms. The van der Waals surface area contributed by atoms with Crippen molar-refractivity contribution in [2.75, 3.05) is 0 Å². The van der Waals surface area contributed by atoms with Crippen LogP contribution in [-0.2, 0) is 6.42 Å². The minimum absolute atomic E-state index is 0.124. The fraction of sp³-hybridized carbons (Fsp3) is 0.281. The minimum Gasteiger partial charge on any atom is -0.544 e. The van der Waals surface area contributed by atoms with Crippen molar-refractivity contribution in [3.8, 4) is 17.6 Å². The highest BCUT2D eigenvalue weighted by atomic mass is 28.4. The zero-order valence-corrected chi connectivity index (χ0v) is 24.7. The van der Waals surface area contributed by atoms with Crippen molar-refractivity contribution in [3.63, 3.8) is 0 Å². The summed E-state index contributed by atoms with van der Waals surface area (Å²) in [5.41, 5.74) is 1.97. The molecule has 0 saturated heterocycles. The van der Waals surface area contributed by atoms with E-state index in [2.05, 4.69) is 50.7 Å². The summed E-state index contributed by atoms with van der Waals surface area (Å²) in [7, 11) is -1.90. The van der Waals surface area contributed by atoms with Gasteiger partial charge in [-0.2, -0.15) is 0 Å². The monoisotopic (exact) mass is 554 g/mol. The van der Waals surface area contributed by atoms with Crippen molar-refractivity contribution in [3.05, 3.63) is 110 Å². The largest absolute Gasteiger partial charge is 0.544 e. The van der Waals surface area contributed by atoms with E-state index in [1.165, 1.54) is 12.1 Å². The van der Waals surface area contributed by atoms with Gasteiger partial charge in [0.2, 0.25) is 8.32 Å². The van der Waals surface area contributed by atoms with E-state index in [9.17, 15) is 14.4 Å². The standard InChI is InChI=1S/C32H34N2O5Si/c1-21(24-13-15-25(16-14-24)30(36)37)34-29(35)27-20-23(12-19-28(27)33-31(34)38)9-7-8-22-10-17-26(18-11-22)39-40(5,6)32(2,3)4/h10-21H,8H2,1-6H3,(H,33,38)(H,36,37). The van der Waals surface area contributed by atoms with Crippen molar-refractivity contribution in [2.45, 2.75) is 58.3 Å². The Morgan fingerprint density at radius 2 is 1.68 bits per heavy atom. The number of aromatic amines is 1. The number of aromatic carboxylic acids is 1. The number of nitrogens with one attached hydrogen (secondary N) is 1. The molecular formula is C32H34N2O5Si. The molecular weight excluding hydrogens is 520 g/mol. The Bertz CT molecular complexity index is 1730. The van der Waals surface area contributed by atoms with E-state index in [-0.39, 0.29) is 10.6 Å². The maximum atomic E-state index is 13.4. The Labute approximate surface area is 234 Å². The van der Waals surface area contributed by atoms with Gasteiger partial charge in [0.05, 0.1) is 22.5 Å². The normalized spacial score (nSPS) is 12.4. The van der Waals surface area contributed by atoms with Crippen molar-refractivity contribution >= 4 is 25.2 Å². The minimum atomic E-state index is -1.90. The second-order valence-corrected chi connectivity index (χ2v) is 16.2. The van der Waals surface area contributed by atoms with E-state index in [4.69, 9.17) is 9.53 Å². The lowest BCUT2D eigenvalue weighted by molar-refractivity contribution is 0.0697. The van der Waals surface area contributed by atoms with Crippen LogP contribution in [0.3, 0.4) is 0 Å². The Morgan fingerprint density at radius 3 is 2.27 bits per heavy atom. The number of fused-ring (bicyclic) bond motifs is 1. The molecule has 0 aliphatic rings. The van der Waals surface area contributed by atoms with Crippen LogP contribution in [-0.4, -0.2) is 28.9 Å². The molecule has 4 aromatic rings. The number of H-pyrrole nitrogens is 1. The van der Waals surface area contributed by atoms with Gasteiger partial charge in [0.15, 0.2) is 0 Å². The predicted molar refractivity (Wildman–Crippen MR) is 161 cm³/mol. The van der Waals surface area contributed by atoms with Gasteiger partial charge < -0.3 is 14.5 Å². The van der Waals surface area contributed by atoms with Crippen LogP contribution in [0.5, 0.6) is 5.75 Å². The molecule has 0 aliphatic carbocycles. The zero-order valence-electron chi connectivity index (χ0n) is 23.7. The lowest BCUT2D eigenvalue weighted by atomic mass is 10.1. The molecule has 0 aliphatic heterocycles. The second-order valence-electron chi connectivity index (χ2n) is 11.5. The maximum absolute atomic E-state index is 13.4. The topological polar surface area (TPSA) is 101 Å². The van der Waals surface area contributed by atoms with Gasteiger partial charge in [0, 0.05) is 12.0 Å². The van der Waals surface area contributed by atoms with Crippen molar-refractivity contribution in [2.24, 2.45) is 0 Å². The molecule has 8 heteroatoms. The van der Waals surface area contributed by atoms with Crippen LogP contribution in [0.1, 0.15) is 60.8 Å². The molecule has 3 aromatic carbocycles. The highest BCUT2D eigenvalue weighted by Gasteiger charge is 2.38. The number of nitrogens with zero attached hydrogens (tertiary/aromatic N) is 1. The van der Waals surface area contributed by atoms with Crippen molar-refractivity contribution < 1.29 is 14.3 Å². The molecule has 2 N–H and O–H groups in total. The number of hydrogen-bond donors (Lipinski definition) is 2. The molecule has 0 fully saturated rings. The number of rotatable bonds is 6. The van der Waals surface area contributed by atoms with E-state index in [1.807, 2.05) is 24.3 Å². The smallest absolute Gasteiger partial charge is 0.335 e. The number of hydrogen-bond acceptors (Lipinski definition) is 4. The third-order valence-electron chi connectivity index (χ3n) is 7.58. The molecule has 1 heterocycles. The van der Waals surface area contributed by atoms with E-state index in [1.54, 1.807) is 37.3 Å². The Hall–Kier alpha value is -4.35. The van der Waals surface area contributed by atoms with Crippen LogP contribution in [0.15, 0.2) is 76.3 Å². The van der Waals surface area contributed by atoms with Gasteiger partial charge >= 0.3 is 11.7 Å². The summed E-state index contributed by atoms with van der Waals surface area (Å²) < 4.78 is 7.49. The summed E-state index contributed by atoms with van der Waals surface area (Å²) in [6.45, 7) is 12.8. The zero-order chi connectivity index (χ0) is 29.2. The number of benzene rings is 3. The van der Waals surface area contributed by atoms with Crippen LogP contribution in [0, 0.1) is 11.8 Å². The molecule has 4 rings (SSSR count). The average Bonchev–Trinajstić information content (AvgIpc) is 2.89. The fourth-order valence-corrected chi connectivity index (χ4v) is 5.11. The first kappa shape index (κ1) is 28.6. The van der Waals surface area contributed by atoms with E-state index in [0.29, 0.717) is 28.5 Å². The number of carbonyl (C=O) groups is 1. The first-order valence-electron chi connectivity index (χ1n) is 13.2. The molecule has 0 amide bonds. The predicted octanol–water partition coefficient (Wildman–Crippen LogP) is 5.98. The van der Waals surface area contributed by atoms with Crippen LogP contribution in [0.25, 0.3) is 10.9 Å². The lowest BCUT2D eigenvalue weighted by Gasteiger charge is -2.36. The first-order chi connectivity index (χ1) is 18.8. The molecule has 0 saturated carbocycles. The van der Waals surface area contributed by atoms with E-state index in [0.717, 1.165) is 15.9 Å². The number of carboxylic acids is 1. The molecule has 0 spiro atoms. The van der Waals surface area contributed by atoms with Gasteiger partial charge in [0.1, 0.15) is 5.75 Å². The van der Waals surface area contributed by atoms with Gasteiger partial charge in [-0.3, -0.25) is 9.36 Å². The van der Waals surface area contributed by atoms with Gasteiger partial charge in [-0.15, -0.1) is 0 Å². The molecule has 0 bridgehead atoms. The van der Waals surface area contributed by atoms with E-state index >= 15 is 0 Å². The SMILES string of the molecule is CC(c1ccc(C(=O)O)cc1)n1c(=O)[nH]c2ccc(C#CCc3ccc(O[Si](C)(C)C(C)(C)C)cc3)cc2c1=O. The number of aromatic nitrogens is 2. The lowest BCUT2D eigenvalue weighted by Crippen LogP contribution is -2.43. The maximum Gasteiger partial charge on any atom is 0.335 e. The fourth-order valence-electron chi connectivity index (χ4n) is 4.08. The summed E-state index contributed by atoms with van der Waals surface area (Å²) in [6, 6.07) is 18.7.